The van der Waals surface area contributed by atoms with Gasteiger partial charge in [-0.1, -0.05) is 13.8 Å². The van der Waals surface area contributed by atoms with Crippen molar-refractivity contribution >= 4 is 0 Å². The second kappa shape index (κ2) is 6.60. The van der Waals surface area contributed by atoms with Gasteiger partial charge in [-0.25, -0.2) is 0 Å². The van der Waals surface area contributed by atoms with E-state index in [2.05, 4.69) is 25.2 Å². The maximum absolute atomic E-state index is 12.3. The molecule has 0 saturated heterocycles. The molecule has 0 aliphatic heterocycles. The molecule has 0 radical (unpaired) electrons. The van der Waals surface area contributed by atoms with Gasteiger partial charge in [-0.2, -0.15) is 0 Å². The predicted octanol–water partition coefficient (Wildman–Crippen LogP) is 2.37. The van der Waals surface area contributed by atoms with Gasteiger partial charge in [-0.3, -0.25) is 4.79 Å². The van der Waals surface area contributed by atoms with Gasteiger partial charge in [-0.15, -0.1) is 0 Å². The lowest BCUT2D eigenvalue weighted by atomic mass is 10.1. The molecule has 1 heterocycles. The molecule has 0 aromatic carbocycles. The van der Waals surface area contributed by atoms with Crippen molar-refractivity contribution in [3.05, 3.63) is 33.2 Å². The Hall–Kier alpha value is -1.09. The minimum absolute atomic E-state index is 0.174. The number of nitrogens with one attached hydrogen (secondary N) is 1. The molecule has 0 saturated carbocycles. The molecular weight excluding hydrogens is 212 g/mol. The van der Waals surface area contributed by atoms with Gasteiger partial charge in [0.05, 0.1) is 0 Å². The van der Waals surface area contributed by atoms with Gasteiger partial charge in [-0.05, 0) is 44.9 Å². The van der Waals surface area contributed by atoms with Gasteiger partial charge >= 0.3 is 0 Å². The average molecular weight is 236 g/mol. The Morgan fingerprint density at radius 3 is 2.53 bits per heavy atom. The van der Waals surface area contributed by atoms with Crippen molar-refractivity contribution in [3.8, 4) is 0 Å². The van der Waals surface area contributed by atoms with E-state index in [0.717, 1.165) is 42.8 Å². The summed E-state index contributed by atoms with van der Waals surface area (Å²) in [7, 11) is 0. The number of nitrogens with zero attached hydrogens (tertiary/aromatic N) is 1. The second-order valence-electron chi connectivity index (χ2n) is 4.58. The number of rotatable bonds is 6. The Kier molecular flexibility index (Phi) is 5.42. The molecule has 0 atom stereocenters. The third kappa shape index (κ3) is 3.43. The summed E-state index contributed by atoms with van der Waals surface area (Å²) in [5.41, 5.74) is 3.25. The van der Waals surface area contributed by atoms with Crippen molar-refractivity contribution in [3.63, 3.8) is 0 Å². The van der Waals surface area contributed by atoms with Gasteiger partial charge in [0.25, 0.3) is 5.56 Å². The van der Waals surface area contributed by atoms with E-state index in [4.69, 9.17) is 0 Å². The van der Waals surface area contributed by atoms with Crippen molar-refractivity contribution in [1.82, 2.24) is 9.88 Å². The monoisotopic (exact) mass is 236 g/mol. The van der Waals surface area contributed by atoms with Crippen LogP contribution < -0.4 is 10.9 Å². The van der Waals surface area contributed by atoms with Crippen LogP contribution in [0.4, 0.5) is 0 Å². The molecular formula is C14H24N2O. The Labute approximate surface area is 104 Å². The fraction of sp³-hybridized carbons (Fsp3) is 0.643. The second-order valence-corrected chi connectivity index (χ2v) is 4.58. The first-order valence-electron chi connectivity index (χ1n) is 6.52. The molecule has 0 spiro atoms. The zero-order chi connectivity index (χ0) is 12.8. The molecule has 0 fully saturated rings. The lowest BCUT2D eigenvalue weighted by Crippen LogP contribution is -2.30. The largest absolute Gasteiger partial charge is 0.313 e. The predicted molar refractivity (Wildman–Crippen MR) is 72.5 cm³/mol. The smallest absolute Gasteiger partial charge is 0.255 e. The number of hydrogen-bond donors (Lipinski definition) is 1. The highest BCUT2D eigenvalue weighted by Gasteiger charge is 2.09. The molecule has 0 unspecified atom stereocenters. The number of aryl methyl sites for hydroxylation is 2. The Morgan fingerprint density at radius 2 is 1.94 bits per heavy atom. The highest BCUT2D eigenvalue weighted by atomic mass is 16.1. The van der Waals surface area contributed by atoms with E-state index < -0.39 is 0 Å². The Bertz CT molecular complexity index is 421. The quantitative estimate of drug-likeness (QED) is 0.769. The first-order valence-corrected chi connectivity index (χ1v) is 6.52. The van der Waals surface area contributed by atoms with Crippen LogP contribution in [0.5, 0.6) is 0 Å². The summed E-state index contributed by atoms with van der Waals surface area (Å²) in [4.78, 5) is 12.3. The standard InChI is InChI=1S/C14H24N2O/c1-5-7-15-10-13-11(3)9-12(4)16(8-6-2)14(13)17/h9,15H,5-8,10H2,1-4H3. The van der Waals surface area contributed by atoms with E-state index in [1.165, 1.54) is 0 Å². The van der Waals surface area contributed by atoms with Crippen molar-refractivity contribution in [2.24, 2.45) is 0 Å². The Morgan fingerprint density at radius 1 is 1.24 bits per heavy atom. The van der Waals surface area contributed by atoms with Gasteiger partial charge < -0.3 is 9.88 Å². The minimum Gasteiger partial charge on any atom is -0.313 e. The normalized spacial score (nSPS) is 10.8. The van der Waals surface area contributed by atoms with Crippen LogP contribution in [-0.2, 0) is 13.1 Å². The molecule has 17 heavy (non-hydrogen) atoms. The molecule has 96 valence electrons. The lowest BCUT2D eigenvalue weighted by Gasteiger charge is -2.14. The molecule has 1 N–H and O–H groups in total. The van der Waals surface area contributed by atoms with Crippen LogP contribution in [0.1, 0.15) is 43.5 Å². The summed E-state index contributed by atoms with van der Waals surface area (Å²) in [5.74, 6) is 0. The maximum Gasteiger partial charge on any atom is 0.255 e. The molecule has 1 aromatic heterocycles. The van der Waals surface area contributed by atoms with Crippen molar-refractivity contribution in [1.29, 1.82) is 0 Å². The zero-order valence-corrected chi connectivity index (χ0v) is 11.5. The van der Waals surface area contributed by atoms with E-state index in [0.29, 0.717) is 6.54 Å². The minimum atomic E-state index is 0.174. The van der Waals surface area contributed by atoms with E-state index in [1.807, 2.05) is 18.4 Å². The van der Waals surface area contributed by atoms with Gasteiger partial charge in [0, 0.05) is 24.3 Å². The molecule has 0 amide bonds. The third-order valence-electron chi connectivity index (χ3n) is 3.01. The summed E-state index contributed by atoms with van der Waals surface area (Å²) < 4.78 is 1.88. The number of aromatic nitrogens is 1. The third-order valence-corrected chi connectivity index (χ3v) is 3.01. The molecule has 1 rings (SSSR count). The van der Waals surface area contributed by atoms with Gasteiger partial charge in [0.1, 0.15) is 0 Å². The molecule has 3 heteroatoms. The average Bonchev–Trinajstić information content (AvgIpc) is 2.29. The lowest BCUT2D eigenvalue weighted by molar-refractivity contribution is 0.610. The molecule has 0 bridgehead atoms. The van der Waals surface area contributed by atoms with Crippen LogP contribution in [0, 0.1) is 13.8 Å². The summed E-state index contributed by atoms with van der Waals surface area (Å²) in [6.07, 6.45) is 2.08. The van der Waals surface area contributed by atoms with Crippen LogP contribution in [0.25, 0.3) is 0 Å². The highest BCUT2D eigenvalue weighted by Crippen LogP contribution is 2.06. The van der Waals surface area contributed by atoms with Crippen LogP contribution in [-0.4, -0.2) is 11.1 Å². The summed E-state index contributed by atoms with van der Waals surface area (Å²) in [6.45, 7) is 10.7. The van der Waals surface area contributed by atoms with Gasteiger partial charge in [0.15, 0.2) is 0 Å². The topological polar surface area (TPSA) is 34.0 Å². The van der Waals surface area contributed by atoms with Crippen molar-refractivity contribution < 1.29 is 0 Å². The van der Waals surface area contributed by atoms with Crippen LogP contribution in [0.3, 0.4) is 0 Å². The maximum atomic E-state index is 12.3. The summed E-state index contributed by atoms with van der Waals surface area (Å²) >= 11 is 0. The summed E-state index contributed by atoms with van der Waals surface area (Å²) in [5, 5.41) is 3.31. The molecule has 3 nitrogen and oxygen atoms in total. The van der Waals surface area contributed by atoms with Crippen LogP contribution in [0.2, 0.25) is 0 Å². The van der Waals surface area contributed by atoms with E-state index >= 15 is 0 Å². The molecule has 0 aliphatic rings. The Balaban J connectivity index is 3.03. The fourth-order valence-corrected chi connectivity index (χ4v) is 2.08. The van der Waals surface area contributed by atoms with Crippen LogP contribution >= 0.6 is 0 Å². The molecule has 0 aliphatic carbocycles. The fourth-order valence-electron chi connectivity index (χ4n) is 2.08. The van der Waals surface area contributed by atoms with E-state index in [-0.39, 0.29) is 5.56 Å². The van der Waals surface area contributed by atoms with E-state index in [9.17, 15) is 4.79 Å². The number of hydrogen-bond acceptors (Lipinski definition) is 2. The summed E-state index contributed by atoms with van der Waals surface area (Å²) in [6, 6.07) is 2.11. The zero-order valence-electron chi connectivity index (χ0n) is 11.5. The highest BCUT2D eigenvalue weighted by molar-refractivity contribution is 5.26. The van der Waals surface area contributed by atoms with Crippen molar-refractivity contribution in [2.75, 3.05) is 6.54 Å². The van der Waals surface area contributed by atoms with E-state index in [1.54, 1.807) is 0 Å². The first-order chi connectivity index (χ1) is 8.11. The number of pyridine rings is 1. The van der Waals surface area contributed by atoms with Crippen LogP contribution in [0.15, 0.2) is 10.9 Å². The molecule has 1 aromatic rings. The van der Waals surface area contributed by atoms with Crippen molar-refractivity contribution in [2.45, 2.75) is 53.6 Å². The first kappa shape index (κ1) is 14.0. The van der Waals surface area contributed by atoms with Gasteiger partial charge in [0.2, 0.25) is 0 Å². The SMILES string of the molecule is CCCNCc1c(C)cc(C)n(CCC)c1=O.